The third-order valence-corrected chi connectivity index (χ3v) is 3.76. The fourth-order valence-electron chi connectivity index (χ4n) is 2.47. The zero-order valence-electron chi connectivity index (χ0n) is 13.8. The van der Waals surface area contributed by atoms with Gasteiger partial charge >= 0.3 is 0 Å². The van der Waals surface area contributed by atoms with E-state index in [-0.39, 0.29) is 0 Å². The quantitative estimate of drug-likeness (QED) is 0.756. The zero-order chi connectivity index (χ0) is 15.8. The molecule has 4 nitrogen and oxygen atoms in total. The summed E-state index contributed by atoms with van der Waals surface area (Å²) in [5.74, 6) is 1.71. The fourth-order valence-corrected chi connectivity index (χ4v) is 2.47. The number of hydrogen-bond acceptors (Lipinski definition) is 4. The summed E-state index contributed by atoms with van der Waals surface area (Å²) in [6.45, 7) is 10.6. The highest BCUT2D eigenvalue weighted by molar-refractivity contribution is 5.62. The van der Waals surface area contributed by atoms with Gasteiger partial charge in [0, 0.05) is 18.2 Å². The second-order valence-corrected chi connectivity index (χ2v) is 5.36. The van der Waals surface area contributed by atoms with Crippen LogP contribution in [0.2, 0.25) is 0 Å². The first-order valence-corrected chi connectivity index (χ1v) is 8.10. The van der Waals surface area contributed by atoms with E-state index >= 15 is 0 Å². The summed E-state index contributed by atoms with van der Waals surface area (Å²) in [4.78, 5) is 11.4. The predicted molar refractivity (Wildman–Crippen MR) is 93.1 cm³/mol. The highest BCUT2D eigenvalue weighted by atomic mass is 15.1. The average Bonchev–Trinajstić information content (AvgIpc) is 2.55. The van der Waals surface area contributed by atoms with Crippen LogP contribution in [0, 0.1) is 6.92 Å². The Balaban J connectivity index is 1.96. The lowest BCUT2D eigenvalue weighted by Gasteiger charge is -2.17. The molecule has 0 spiro atoms. The standard InChI is InChI=1S/C18H26N4/c1-4-22(5-2)13-9-12-19-18-14-17(20-15(3)21-18)16-10-7-6-8-11-16/h6-8,10-11,14H,4-5,9,12-13H2,1-3H3,(H,19,20,21). The van der Waals surface area contributed by atoms with Gasteiger partial charge in [-0.1, -0.05) is 44.2 Å². The molecule has 0 saturated heterocycles. The average molecular weight is 298 g/mol. The molecule has 1 aromatic carbocycles. The van der Waals surface area contributed by atoms with Crippen LogP contribution < -0.4 is 5.32 Å². The van der Waals surface area contributed by atoms with Crippen molar-refractivity contribution in [2.75, 3.05) is 31.5 Å². The second-order valence-electron chi connectivity index (χ2n) is 5.36. The normalized spacial score (nSPS) is 10.9. The van der Waals surface area contributed by atoms with Crippen molar-refractivity contribution in [3.8, 4) is 11.3 Å². The number of rotatable bonds is 8. The highest BCUT2D eigenvalue weighted by Crippen LogP contribution is 2.19. The summed E-state index contributed by atoms with van der Waals surface area (Å²) in [5.41, 5.74) is 2.10. The molecule has 2 rings (SSSR count). The molecule has 0 atom stereocenters. The Kier molecular flexibility index (Phi) is 6.34. The minimum atomic E-state index is 0.799. The van der Waals surface area contributed by atoms with Crippen LogP contribution in [0.1, 0.15) is 26.1 Å². The van der Waals surface area contributed by atoms with Crippen molar-refractivity contribution in [3.05, 3.63) is 42.2 Å². The van der Waals surface area contributed by atoms with Gasteiger partial charge in [-0.15, -0.1) is 0 Å². The number of aryl methyl sites for hydroxylation is 1. The van der Waals surface area contributed by atoms with Gasteiger partial charge in [-0.05, 0) is 33.0 Å². The van der Waals surface area contributed by atoms with Gasteiger partial charge in [0.2, 0.25) is 0 Å². The van der Waals surface area contributed by atoms with Crippen molar-refractivity contribution in [2.45, 2.75) is 27.2 Å². The van der Waals surface area contributed by atoms with Crippen molar-refractivity contribution in [1.29, 1.82) is 0 Å². The Labute approximate surface area is 133 Å². The number of hydrogen-bond donors (Lipinski definition) is 1. The Morgan fingerprint density at radius 1 is 1.05 bits per heavy atom. The van der Waals surface area contributed by atoms with E-state index in [0.717, 1.165) is 55.5 Å². The number of nitrogens with zero attached hydrogens (tertiary/aromatic N) is 3. The van der Waals surface area contributed by atoms with Gasteiger partial charge < -0.3 is 10.2 Å². The number of benzene rings is 1. The van der Waals surface area contributed by atoms with E-state index in [9.17, 15) is 0 Å². The number of aromatic nitrogens is 2. The molecule has 0 unspecified atom stereocenters. The topological polar surface area (TPSA) is 41.0 Å². The summed E-state index contributed by atoms with van der Waals surface area (Å²) < 4.78 is 0. The van der Waals surface area contributed by atoms with Gasteiger partial charge in [-0.25, -0.2) is 9.97 Å². The van der Waals surface area contributed by atoms with E-state index in [4.69, 9.17) is 0 Å². The summed E-state index contributed by atoms with van der Waals surface area (Å²) in [5, 5.41) is 3.42. The predicted octanol–water partition coefficient (Wildman–Crippen LogP) is 3.60. The van der Waals surface area contributed by atoms with E-state index in [1.807, 2.05) is 31.2 Å². The molecular formula is C18H26N4. The van der Waals surface area contributed by atoms with Crippen molar-refractivity contribution < 1.29 is 0 Å². The van der Waals surface area contributed by atoms with E-state index in [1.165, 1.54) is 0 Å². The van der Waals surface area contributed by atoms with Crippen molar-refractivity contribution in [3.63, 3.8) is 0 Å². The van der Waals surface area contributed by atoms with Crippen LogP contribution in [-0.2, 0) is 0 Å². The Morgan fingerprint density at radius 3 is 2.45 bits per heavy atom. The summed E-state index contributed by atoms with van der Waals surface area (Å²) in [7, 11) is 0. The van der Waals surface area contributed by atoms with E-state index in [0.29, 0.717) is 0 Å². The first-order valence-electron chi connectivity index (χ1n) is 8.10. The van der Waals surface area contributed by atoms with Crippen LogP contribution in [0.3, 0.4) is 0 Å². The lowest BCUT2D eigenvalue weighted by Crippen LogP contribution is -2.25. The van der Waals surface area contributed by atoms with Crippen LogP contribution in [0.5, 0.6) is 0 Å². The SMILES string of the molecule is CCN(CC)CCCNc1cc(-c2ccccc2)nc(C)n1. The summed E-state index contributed by atoms with van der Waals surface area (Å²) >= 11 is 0. The molecular weight excluding hydrogens is 272 g/mol. The van der Waals surface area contributed by atoms with E-state index in [1.54, 1.807) is 0 Å². The first kappa shape index (κ1) is 16.4. The maximum atomic E-state index is 4.53. The maximum Gasteiger partial charge on any atom is 0.130 e. The molecule has 4 heteroatoms. The molecule has 1 N–H and O–H groups in total. The molecule has 0 radical (unpaired) electrons. The fraction of sp³-hybridized carbons (Fsp3) is 0.444. The van der Waals surface area contributed by atoms with Gasteiger partial charge in [-0.2, -0.15) is 0 Å². The van der Waals surface area contributed by atoms with Gasteiger partial charge in [0.05, 0.1) is 5.69 Å². The second kappa shape index (κ2) is 8.49. The minimum absolute atomic E-state index is 0.799. The molecule has 2 aromatic rings. The molecule has 0 bridgehead atoms. The molecule has 0 aliphatic rings. The lowest BCUT2D eigenvalue weighted by molar-refractivity contribution is 0.303. The zero-order valence-corrected chi connectivity index (χ0v) is 13.8. The third-order valence-electron chi connectivity index (χ3n) is 3.76. The van der Waals surface area contributed by atoms with Gasteiger partial charge in [0.1, 0.15) is 11.6 Å². The monoisotopic (exact) mass is 298 g/mol. The molecule has 0 fully saturated rings. The molecule has 0 saturated carbocycles. The van der Waals surface area contributed by atoms with Crippen molar-refractivity contribution in [2.24, 2.45) is 0 Å². The van der Waals surface area contributed by atoms with Gasteiger partial charge in [-0.3, -0.25) is 0 Å². The van der Waals surface area contributed by atoms with Crippen LogP contribution in [0.25, 0.3) is 11.3 Å². The van der Waals surface area contributed by atoms with Crippen molar-refractivity contribution in [1.82, 2.24) is 14.9 Å². The van der Waals surface area contributed by atoms with E-state index in [2.05, 4.69) is 46.2 Å². The van der Waals surface area contributed by atoms with Gasteiger partial charge in [0.15, 0.2) is 0 Å². The molecule has 22 heavy (non-hydrogen) atoms. The first-order chi connectivity index (χ1) is 10.7. The Hall–Kier alpha value is -1.94. The molecule has 0 amide bonds. The summed E-state index contributed by atoms with van der Waals surface area (Å²) in [6, 6.07) is 12.3. The Morgan fingerprint density at radius 2 is 1.77 bits per heavy atom. The molecule has 118 valence electrons. The number of nitrogens with one attached hydrogen (secondary N) is 1. The summed E-state index contributed by atoms with van der Waals surface area (Å²) in [6.07, 6.45) is 1.12. The maximum absolute atomic E-state index is 4.53. The molecule has 0 aliphatic carbocycles. The molecule has 1 heterocycles. The third kappa shape index (κ3) is 4.81. The smallest absolute Gasteiger partial charge is 0.130 e. The van der Waals surface area contributed by atoms with E-state index < -0.39 is 0 Å². The number of anilines is 1. The van der Waals surface area contributed by atoms with Gasteiger partial charge in [0.25, 0.3) is 0 Å². The van der Waals surface area contributed by atoms with Crippen LogP contribution in [-0.4, -0.2) is 41.0 Å². The lowest BCUT2D eigenvalue weighted by atomic mass is 10.1. The van der Waals surface area contributed by atoms with Crippen LogP contribution >= 0.6 is 0 Å². The minimum Gasteiger partial charge on any atom is -0.370 e. The van der Waals surface area contributed by atoms with Crippen molar-refractivity contribution >= 4 is 5.82 Å². The highest BCUT2D eigenvalue weighted by Gasteiger charge is 2.04. The molecule has 1 aromatic heterocycles. The van der Waals surface area contributed by atoms with Crippen LogP contribution in [0.15, 0.2) is 36.4 Å². The molecule has 0 aliphatic heterocycles. The van der Waals surface area contributed by atoms with Crippen LogP contribution in [0.4, 0.5) is 5.82 Å². The largest absolute Gasteiger partial charge is 0.370 e. The Bertz CT molecular complexity index is 565.